The number of nitrogens with zero attached hydrogens (tertiary/aromatic N) is 1. The zero-order chi connectivity index (χ0) is 9.14. The van der Waals surface area contributed by atoms with Gasteiger partial charge in [0.1, 0.15) is 5.69 Å². The fourth-order valence-electron chi connectivity index (χ4n) is 0.884. The van der Waals surface area contributed by atoms with Crippen LogP contribution in [0.1, 0.15) is 31.9 Å². The first kappa shape index (κ1) is 8.70. The summed E-state index contributed by atoms with van der Waals surface area (Å²) in [5.74, 6) is 0.0746. The number of nitrogens with one attached hydrogen (secondary N) is 2. The Labute approximate surface area is 68.8 Å². The van der Waals surface area contributed by atoms with Gasteiger partial charge in [0.2, 0.25) is 0 Å². The summed E-state index contributed by atoms with van der Waals surface area (Å²) >= 11 is 0. The van der Waals surface area contributed by atoms with Crippen LogP contribution in [0, 0.1) is 0 Å². The lowest BCUT2D eigenvalue weighted by Crippen LogP contribution is -2.28. The van der Waals surface area contributed by atoms with Crippen LogP contribution in [0.3, 0.4) is 0 Å². The second kappa shape index (κ2) is 3.34. The largest absolute Gasteiger partial charge is 0.342 e. The third kappa shape index (κ3) is 1.61. The molecule has 0 fully saturated rings. The van der Waals surface area contributed by atoms with Gasteiger partial charge in [0, 0.05) is 5.92 Å². The van der Waals surface area contributed by atoms with Crippen molar-refractivity contribution in [3.8, 4) is 0 Å². The molecule has 0 spiro atoms. The number of aromatic nitrogens is 3. The summed E-state index contributed by atoms with van der Waals surface area (Å²) < 4.78 is 0. The van der Waals surface area contributed by atoms with Gasteiger partial charge in [0.05, 0.1) is 0 Å². The molecule has 1 aromatic rings. The van der Waals surface area contributed by atoms with Crippen LogP contribution in [0.25, 0.3) is 0 Å². The molecule has 1 rings (SSSR count). The Morgan fingerprint density at radius 2 is 2.17 bits per heavy atom. The summed E-state index contributed by atoms with van der Waals surface area (Å²) in [6.07, 6.45) is 0.822. The topological polar surface area (TPSA) is 78.6 Å². The van der Waals surface area contributed by atoms with Gasteiger partial charge in [-0.2, -0.15) is 5.10 Å². The van der Waals surface area contributed by atoms with E-state index in [0.29, 0.717) is 5.69 Å². The molecule has 12 heavy (non-hydrogen) atoms. The van der Waals surface area contributed by atoms with E-state index in [1.54, 1.807) is 0 Å². The van der Waals surface area contributed by atoms with Gasteiger partial charge in [0.15, 0.2) is 0 Å². The number of rotatable bonds is 2. The Bertz CT molecular complexity index is 365. The Morgan fingerprint density at radius 1 is 1.50 bits per heavy atom. The van der Waals surface area contributed by atoms with Crippen molar-refractivity contribution in [3.63, 3.8) is 0 Å². The van der Waals surface area contributed by atoms with Gasteiger partial charge in [-0.15, -0.1) is 0 Å². The van der Waals surface area contributed by atoms with Crippen LogP contribution in [-0.2, 0) is 0 Å². The van der Waals surface area contributed by atoms with Crippen LogP contribution in [0.5, 0.6) is 0 Å². The van der Waals surface area contributed by atoms with E-state index in [0.717, 1.165) is 6.42 Å². The molecule has 5 heteroatoms. The molecule has 0 aromatic carbocycles. The number of H-pyrrole nitrogens is 2. The molecule has 0 radical (unpaired) electrons. The Kier molecular flexibility index (Phi) is 2.42. The van der Waals surface area contributed by atoms with Gasteiger partial charge in [0.25, 0.3) is 5.56 Å². The summed E-state index contributed by atoms with van der Waals surface area (Å²) in [5.41, 5.74) is -0.572. The fraction of sp³-hybridized carbons (Fsp3) is 0.571. The highest BCUT2D eigenvalue weighted by Gasteiger charge is 2.09. The predicted octanol–water partition coefficient (Wildman–Crippen LogP) is -0.0283. The molecule has 0 saturated heterocycles. The summed E-state index contributed by atoms with van der Waals surface area (Å²) in [5, 5.41) is 5.86. The second-order valence-corrected chi connectivity index (χ2v) is 2.70. The van der Waals surface area contributed by atoms with Gasteiger partial charge in [-0.05, 0) is 6.42 Å². The van der Waals surface area contributed by atoms with E-state index in [9.17, 15) is 9.59 Å². The standard InChI is InChI=1S/C7H11N3O2/c1-3-4(2)5-6(11)8-7(12)10-9-5/h4H,3H2,1-2H3,(H2,8,10,11,12). The summed E-state index contributed by atoms with van der Waals surface area (Å²) in [6.45, 7) is 3.84. The molecular weight excluding hydrogens is 158 g/mol. The minimum Gasteiger partial charge on any atom is -0.271 e. The van der Waals surface area contributed by atoms with Crippen molar-refractivity contribution in [2.24, 2.45) is 0 Å². The Morgan fingerprint density at radius 3 is 2.67 bits per heavy atom. The molecule has 0 aliphatic carbocycles. The highest BCUT2D eigenvalue weighted by Crippen LogP contribution is 2.09. The second-order valence-electron chi connectivity index (χ2n) is 2.70. The first-order valence-electron chi connectivity index (χ1n) is 3.84. The molecule has 1 atom stereocenters. The van der Waals surface area contributed by atoms with Crippen LogP contribution in [0.15, 0.2) is 9.59 Å². The minimum absolute atomic E-state index is 0.0746. The first-order valence-corrected chi connectivity index (χ1v) is 3.84. The molecule has 1 heterocycles. The van der Waals surface area contributed by atoms with E-state index >= 15 is 0 Å². The summed E-state index contributed by atoms with van der Waals surface area (Å²) in [6, 6.07) is 0. The molecule has 0 bridgehead atoms. The zero-order valence-corrected chi connectivity index (χ0v) is 7.05. The van der Waals surface area contributed by atoms with Crippen LogP contribution in [0.4, 0.5) is 0 Å². The fourth-order valence-corrected chi connectivity index (χ4v) is 0.884. The molecule has 0 aliphatic heterocycles. The lowest BCUT2D eigenvalue weighted by Gasteiger charge is -2.03. The molecular formula is C7H11N3O2. The third-order valence-electron chi connectivity index (χ3n) is 1.82. The molecule has 0 aliphatic rings. The Balaban J connectivity index is 3.19. The maximum atomic E-state index is 11.1. The minimum atomic E-state index is -0.563. The predicted molar refractivity (Wildman–Crippen MR) is 44.2 cm³/mol. The van der Waals surface area contributed by atoms with Gasteiger partial charge < -0.3 is 0 Å². The van der Waals surface area contributed by atoms with Gasteiger partial charge in [-0.1, -0.05) is 13.8 Å². The molecule has 1 aromatic heterocycles. The van der Waals surface area contributed by atoms with E-state index in [-0.39, 0.29) is 5.92 Å². The first-order chi connectivity index (χ1) is 5.65. The van der Waals surface area contributed by atoms with Crippen molar-refractivity contribution >= 4 is 0 Å². The normalized spacial score (nSPS) is 12.8. The summed E-state index contributed by atoms with van der Waals surface area (Å²) in [4.78, 5) is 23.8. The molecule has 2 N–H and O–H groups in total. The summed E-state index contributed by atoms with van der Waals surface area (Å²) in [7, 11) is 0. The average molecular weight is 169 g/mol. The number of hydrogen-bond acceptors (Lipinski definition) is 3. The smallest absolute Gasteiger partial charge is 0.271 e. The zero-order valence-electron chi connectivity index (χ0n) is 7.05. The highest BCUT2D eigenvalue weighted by atomic mass is 16.2. The van der Waals surface area contributed by atoms with Crippen LogP contribution in [-0.4, -0.2) is 15.2 Å². The molecule has 1 unspecified atom stereocenters. The van der Waals surface area contributed by atoms with Crippen molar-refractivity contribution in [1.82, 2.24) is 15.2 Å². The van der Waals surface area contributed by atoms with E-state index in [1.165, 1.54) is 0 Å². The van der Waals surface area contributed by atoms with Crippen LogP contribution in [0.2, 0.25) is 0 Å². The van der Waals surface area contributed by atoms with Crippen molar-refractivity contribution in [2.75, 3.05) is 0 Å². The van der Waals surface area contributed by atoms with Crippen LogP contribution >= 0.6 is 0 Å². The monoisotopic (exact) mass is 169 g/mol. The van der Waals surface area contributed by atoms with E-state index in [2.05, 4.69) is 15.2 Å². The maximum Gasteiger partial charge on any atom is 0.342 e. The van der Waals surface area contributed by atoms with Crippen molar-refractivity contribution < 1.29 is 0 Å². The maximum absolute atomic E-state index is 11.1. The van der Waals surface area contributed by atoms with Gasteiger partial charge in [-0.25, -0.2) is 9.89 Å². The molecule has 0 saturated carbocycles. The molecule has 66 valence electrons. The lowest BCUT2D eigenvalue weighted by molar-refractivity contribution is 0.663. The SMILES string of the molecule is CCC(C)c1n[nH]c(=O)[nH]c1=O. The van der Waals surface area contributed by atoms with Crippen LogP contribution < -0.4 is 11.2 Å². The average Bonchev–Trinajstić information content (AvgIpc) is 2.03. The van der Waals surface area contributed by atoms with E-state index in [4.69, 9.17) is 0 Å². The quantitative estimate of drug-likeness (QED) is 0.652. The van der Waals surface area contributed by atoms with E-state index in [1.807, 2.05) is 13.8 Å². The Hall–Kier alpha value is -1.39. The lowest BCUT2D eigenvalue weighted by atomic mass is 10.1. The van der Waals surface area contributed by atoms with Crippen molar-refractivity contribution in [1.29, 1.82) is 0 Å². The van der Waals surface area contributed by atoms with E-state index < -0.39 is 11.2 Å². The third-order valence-corrected chi connectivity index (χ3v) is 1.82. The highest BCUT2D eigenvalue weighted by molar-refractivity contribution is 4.99. The van der Waals surface area contributed by atoms with Gasteiger partial charge >= 0.3 is 5.69 Å². The van der Waals surface area contributed by atoms with Crippen molar-refractivity contribution in [2.45, 2.75) is 26.2 Å². The molecule has 5 nitrogen and oxygen atoms in total. The van der Waals surface area contributed by atoms with Gasteiger partial charge in [-0.3, -0.25) is 9.78 Å². The molecule has 0 amide bonds. The van der Waals surface area contributed by atoms with Crippen molar-refractivity contribution in [3.05, 3.63) is 26.5 Å². The number of aromatic amines is 2. The number of hydrogen-bond donors (Lipinski definition) is 2.